The Balaban J connectivity index is 2.06. The van der Waals surface area contributed by atoms with Gasteiger partial charge in [0.05, 0.1) is 0 Å². The maximum atomic E-state index is 14.5. The number of nitrogens with zero attached hydrogens (tertiary/aromatic N) is 1. The second-order valence-electron chi connectivity index (χ2n) is 7.00. The van der Waals surface area contributed by atoms with Crippen LogP contribution >= 0.6 is 0 Å². The fraction of sp³-hybridized carbons (Fsp3) is 0.368. The third-order valence-electron chi connectivity index (χ3n) is 4.88. The second kappa shape index (κ2) is 6.25. The van der Waals surface area contributed by atoms with Crippen LogP contribution in [0.4, 0.5) is 17.6 Å². The van der Waals surface area contributed by atoms with E-state index in [1.54, 1.807) is 6.07 Å². The van der Waals surface area contributed by atoms with Crippen molar-refractivity contribution in [3.63, 3.8) is 0 Å². The third-order valence-corrected chi connectivity index (χ3v) is 4.88. The van der Waals surface area contributed by atoms with Gasteiger partial charge in [-0.15, -0.1) is 13.2 Å². The van der Waals surface area contributed by atoms with E-state index in [-0.39, 0.29) is 5.56 Å². The predicted octanol–water partition coefficient (Wildman–Crippen LogP) is 3.91. The largest absolute Gasteiger partial charge is 0.573 e. The first-order valence-electron chi connectivity index (χ1n) is 8.07. The van der Waals surface area contributed by atoms with Crippen LogP contribution in [0.15, 0.2) is 48.5 Å². The van der Waals surface area contributed by atoms with Crippen molar-refractivity contribution in [3.8, 4) is 5.75 Å². The van der Waals surface area contributed by atoms with Gasteiger partial charge in [-0.3, -0.25) is 0 Å². The van der Waals surface area contributed by atoms with Crippen LogP contribution in [0, 0.1) is 11.2 Å². The molecule has 0 radical (unpaired) electrons. The molecule has 1 aliphatic heterocycles. The zero-order chi connectivity index (χ0) is 19.2. The number of likely N-dealkylation sites (tertiary alicyclic amines) is 1. The number of benzene rings is 2. The molecule has 1 aliphatic rings. The zero-order valence-electron chi connectivity index (χ0n) is 14.3. The molecule has 7 heteroatoms. The lowest BCUT2D eigenvalue weighted by molar-refractivity contribution is -0.274. The zero-order valence-corrected chi connectivity index (χ0v) is 14.3. The number of hydrogen-bond acceptors (Lipinski definition) is 3. The van der Waals surface area contributed by atoms with Gasteiger partial charge in [0, 0.05) is 24.1 Å². The lowest BCUT2D eigenvalue weighted by Crippen LogP contribution is -2.63. The summed E-state index contributed by atoms with van der Waals surface area (Å²) in [6, 6.07) is 10.8. The second-order valence-corrected chi connectivity index (χ2v) is 7.00. The van der Waals surface area contributed by atoms with Crippen LogP contribution in [0.1, 0.15) is 18.1 Å². The average Bonchev–Trinajstić information content (AvgIpc) is 2.52. The van der Waals surface area contributed by atoms with Crippen molar-refractivity contribution in [1.29, 1.82) is 0 Å². The van der Waals surface area contributed by atoms with Gasteiger partial charge in [-0.25, -0.2) is 4.39 Å². The molecule has 2 aromatic carbocycles. The highest BCUT2D eigenvalue weighted by atomic mass is 19.4. The van der Waals surface area contributed by atoms with Crippen LogP contribution in [0.25, 0.3) is 0 Å². The van der Waals surface area contributed by atoms with Crippen molar-refractivity contribution >= 4 is 0 Å². The quantitative estimate of drug-likeness (QED) is 0.830. The molecule has 0 spiro atoms. The van der Waals surface area contributed by atoms with E-state index in [9.17, 15) is 22.7 Å². The molecule has 1 saturated heterocycles. The van der Waals surface area contributed by atoms with Crippen LogP contribution < -0.4 is 4.74 Å². The van der Waals surface area contributed by atoms with Gasteiger partial charge in [-0.05, 0) is 30.8 Å². The number of halogens is 4. The first-order valence-corrected chi connectivity index (χ1v) is 8.07. The molecule has 1 heterocycles. The molecule has 2 aromatic rings. The van der Waals surface area contributed by atoms with Crippen molar-refractivity contribution in [3.05, 3.63) is 65.5 Å². The van der Waals surface area contributed by atoms with Gasteiger partial charge in [0.25, 0.3) is 0 Å². The summed E-state index contributed by atoms with van der Waals surface area (Å²) in [5.41, 5.74) is -1.98. The van der Waals surface area contributed by atoms with Crippen molar-refractivity contribution in [2.45, 2.75) is 18.9 Å². The van der Waals surface area contributed by atoms with Gasteiger partial charge in [-0.1, -0.05) is 37.3 Å². The Hall–Kier alpha value is -2.12. The first-order chi connectivity index (χ1) is 12.1. The number of aliphatic hydroxyl groups is 1. The van der Waals surface area contributed by atoms with Gasteiger partial charge < -0.3 is 14.7 Å². The van der Waals surface area contributed by atoms with Crippen LogP contribution in [-0.4, -0.2) is 36.5 Å². The van der Waals surface area contributed by atoms with Crippen LogP contribution in [0.2, 0.25) is 0 Å². The summed E-state index contributed by atoms with van der Waals surface area (Å²) in [4.78, 5) is 1.98. The van der Waals surface area contributed by atoms with E-state index >= 15 is 0 Å². The molecule has 0 aliphatic carbocycles. The smallest absolute Gasteiger partial charge is 0.406 e. The monoisotopic (exact) mass is 369 g/mol. The van der Waals surface area contributed by atoms with Gasteiger partial charge in [-0.2, -0.15) is 0 Å². The molecule has 1 fully saturated rings. The van der Waals surface area contributed by atoms with Crippen molar-refractivity contribution < 1.29 is 27.4 Å². The molecule has 0 saturated carbocycles. The highest BCUT2D eigenvalue weighted by Gasteiger charge is 2.56. The highest BCUT2D eigenvalue weighted by Crippen LogP contribution is 2.50. The molecule has 140 valence electrons. The predicted molar refractivity (Wildman–Crippen MR) is 88.1 cm³/mol. The third kappa shape index (κ3) is 3.17. The number of alkyl halides is 3. The van der Waals surface area contributed by atoms with Gasteiger partial charge in [0.1, 0.15) is 17.2 Å². The van der Waals surface area contributed by atoms with Crippen molar-refractivity contribution in [2.24, 2.45) is 5.41 Å². The van der Waals surface area contributed by atoms with Crippen LogP contribution in [0.3, 0.4) is 0 Å². The molecule has 0 amide bonds. The summed E-state index contributed by atoms with van der Waals surface area (Å²) < 4.78 is 55.5. The van der Waals surface area contributed by atoms with Crippen molar-refractivity contribution in [2.75, 3.05) is 20.1 Å². The fourth-order valence-electron chi connectivity index (χ4n) is 3.86. The Kier molecular flexibility index (Phi) is 4.48. The van der Waals surface area contributed by atoms with E-state index in [1.807, 2.05) is 18.9 Å². The summed E-state index contributed by atoms with van der Waals surface area (Å²) in [6.45, 7) is 2.86. The average molecular weight is 369 g/mol. The fourth-order valence-corrected chi connectivity index (χ4v) is 3.86. The molecule has 0 unspecified atom stereocenters. The normalized spacial score (nSPS) is 19.5. The maximum Gasteiger partial charge on any atom is 0.573 e. The molecular formula is C19H19F4NO2. The topological polar surface area (TPSA) is 32.7 Å². The Morgan fingerprint density at radius 3 is 2.12 bits per heavy atom. The summed E-state index contributed by atoms with van der Waals surface area (Å²) in [6.07, 6.45) is -4.80. The van der Waals surface area contributed by atoms with E-state index in [0.717, 1.165) is 12.1 Å². The minimum atomic E-state index is -4.80. The summed E-state index contributed by atoms with van der Waals surface area (Å²) in [7, 11) is 1.88. The SMILES string of the molecule is CN1CC(C)([C@@](O)(c2ccc(OC(F)(F)F)cc2)c2ccccc2F)C1. The number of hydrogen-bond donors (Lipinski definition) is 1. The van der Waals surface area contributed by atoms with Gasteiger partial charge in [0.15, 0.2) is 0 Å². The molecule has 26 heavy (non-hydrogen) atoms. The summed E-state index contributed by atoms with van der Waals surface area (Å²) >= 11 is 0. The van der Waals surface area contributed by atoms with E-state index in [2.05, 4.69) is 4.74 Å². The Morgan fingerprint density at radius 1 is 1.04 bits per heavy atom. The lowest BCUT2D eigenvalue weighted by atomic mass is 9.62. The van der Waals surface area contributed by atoms with E-state index in [4.69, 9.17) is 0 Å². The van der Waals surface area contributed by atoms with Gasteiger partial charge in [0.2, 0.25) is 0 Å². The minimum Gasteiger partial charge on any atom is -0.406 e. The van der Waals surface area contributed by atoms with E-state index in [0.29, 0.717) is 18.7 Å². The highest BCUT2D eigenvalue weighted by molar-refractivity contribution is 5.43. The molecule has 3 rings (SSSR count). The minimum absolute atomic E-state index is 0.0973. The van der Waals surface area contributed by atoms with Gasteiger partial charge >= 0.3 is 6.36 Å². The first kappa shape index (κ1) is 18.7. The lowest BCUT2D eigenvalue weighted by Gasteiger charge is -2.56. The van der Waals surface area contributed by atoms with Crippen LogP contribution in [-0.2, 0) is 5.60 Å². The molecule has 1 atom stereocenters. The number of rotatable bonds is 4. The Bertz CT molecular complexity index is 785. The summed E-state index contributed by atoms with van der Waals surface area (Å²) in [5, 5.41) is 11.6. The number of ether oxygens (including phenoxy) is 1. The Labute approximate surface area is 148 Å². The Morgan fingerprint density at radius 2 is 1.62 bits per heavy atom. The van der Waals surface area contributed by atoms with Crippen LogP contribution in [0.5, 0.6) is 5.75 Å². The molecule has 3 nitrogen and oxygen atoms in total. The molecule has 1 N–H and O–H groups in total. The molecule has 0 aromatic heterocycles. The maximum absolute atomic E-state index is 14.5. The molecular weight excluding hydrogens is 350 g/mol. The van der Waals surface area contributed by atoms with E-state index < -0.39 is 28.9 Å². The van der Waals surface area contributed by atoms with E-state index in [1.165, 1.54) is 30.3 Å². The standard InChI is InChI=1S/C19H19F4NO2/c1-17(11-24(2)12-17)18(25,15-5-3-4-6-16(15)20)13-7-9-14(10-8-13)26-19(21,22)23/h3-10,25H,11-12H2,1-2H3/t18-/m1/s1. The summed E-state index contributed by atoms with van der Waals surface area (Å²) in [5.74, 6) is -0.964. The molecule has 0 bridgehead atoms. The van der Waals surface area contributed by atoms with Crippen molar-refractivity contribution in [1.82, 2.24) is 4.90 Å².